The van der Waals surface area contributed by atoms with Crippen molar-refractivity contribution < 1.29 is 9.18 Å². The lowest BCUT2D eigenvalue weighted by Crippen LogP contribution is -2.39. The highest BCUT2D eigenvalue weighted by Crippen LogP contribution is 2.28. The number of aromatic amines is 2. The smallest absolute Gasteiger partial charge is 0.256 e. The van der Waals surface area contributed by atoms with Gasteiger partial charge < -0.3 is 14.9 Å². The number of rotatable bonds is 2. The standard InChI is InChI=1S/C19H21FN4O/c1-11-12(2)23-18(22-11)13-5-4-8-24(10-13)19(25)15-9-21-17-14(15)6-3-7-16(17)20/h3,6-7,9,13,21H,4-5,8,10H2,1-2H3,(H,22,23). The first-order valence-electron chi connectivity index (χ1n) is 8.62. The van der Waals surface area contributed by atoms with E-state index in [1.54, 1.807) is 18.3 Å². The van der Waals surface area contributed by atoms with Gasteiger partial charge in [-0.1, -0.05) is 12.1 Å². The van der Waals surface area contributed by atoms with E-state index in [0.717, 1.165) is 36.6 Å². The average molecular weight is 340 g/mol. The lowest BCUT2D eigenvalue weighted by atomic mass is 9.96. The highest BCUT2D eigenvalue weighted by Gasteiger charge is 2.28. The molecule has 3 heterocycles. The second-order valence-electron chi connectivity index (χ2n) is 6.79. The zero-order valence-corrected chi connectivity index (χ0v) is 14.4. The third-order valence-electron chi connectivity index (χ3n) is 5.14. The molecule has 4 rings (SSSR count). The molecule has 25 heavy (non-hydrogen) atoms. The number of imidazole rings is 1. The number of nitrogens with zero attached hydrogens (tertiary/aromatic N) is 2. The molecule has 1 aliphatic heterocycles. The number of hydrogen-bond acceptors (Lipinski definition) is 2. The number of H-pyrrole nitrogens is 2. The molecular formula is C19H21FN4O. The fraction of sp³-hybridized carbons (Fsp3) is 0.368. The molecular weight excluding hydrogens is 319 g/mol. The number of para-hydroxylation sites is 1. The van der Waals surface area contributed by atoms with E-state index in [1.807, 2.05) is 18.7 Å². The topological polar surface area (TPSA) is 64.8 Å². The minimum atomic E-state index is -0.338. The van der Waals surface area contributed by atoms with Gasteiger partial charge in [0.1, 0.15) is 11.6 Å². The molecule has 1 amide bonds. The number of aryl methyl sites for hydroxylation is 2. The monoisotopic (exact) mass is 340 g/mol. The Bertz CT molecular complexity index is 923. The number of aromatic nitrogens is 3. The number of hydrogen-bond donors (Lipinski definition) is 2. The van der Waals surface area contributed by atoms with Crippen molar-refractivity contribution in [1.29, 1.82) is 0 Å². The van der Waals surface area contributed by atoms with Crippen molar-refractivity contribution in [3.8, 4) is 0 Å². The Morgan fingerprint density at radius 3 is 2.96 bits per heavy atom. The molecule has 1 unspecified atom stereocenters. The molecule has 2 N–H and O–H groups in total. The summed E-state index contributed by atoms with van der Waals surface area (Å²) in [5.74, 6) is 0.778. The molecule has 3 aromatic rings. The maximum atomic E-state index is 13.9. The van der Waals surface area contributed by atoms with Crippen LogP contribution in [0.5, 0.6) is 0 Å². The van der Waals surface area contributed by atoms with Crippen molar-refractivity contribution in [1.82, 2.24) is 19.9 Å². The molecule has 1 aromatic carbocycles. The first-order chi connectivity index (χ1) is 12.0. The summed E-state index contributed by atoms with van der Waals surface area (Å²) < 4.78 is 13.9. The van der Waals surface area contributed by atoms with Crippen molar-refractivity contribution in [3.05, 3.63) is 53.0 Å². The summed E-state index contributed by atoms with van der Waals surface area (Å²) in [6.07, 6.45) is 3.56. The van der Waals surface area contributed by atoms with Gasteiger partial charge in [-0.2, -0.15) is 0 Å². The van der Waals surface area contributed by atoms with E-state index in [-0.39, 0.29) is 17.6 Å². The van der Waals surface area contributed by atoms with Crippen LogP contribution in [0.15, 0.2) is 24.4 Å². The van der Waals surface area contributed by atoms with E-state index >= 15 is 0 Å². The molecule has 1 saturated heterocycles. The number of nitrogens with one attached hydrogen (secondary N) is 2. The first kappa shape index (κ1) is 15.9. The van der Waals surface area contributed by atoms with Gasteiger partial charge in [-0.25, -0.2) is 9.37 Å². The van der Waals surface area contributed by atoms with Crippen LogP contribution in [0.25, 0.3) is 10.9 Å². The number of halogens is 1. The molecule has 5 nitrogen and oxygen atoms in total. The molecule has 0 spiro atoms. The fourth-order valence-electron chi connectivity index (χ4n) is 3.62. The summed E-state index contributed by atoms with van der Waals surface area (Å²) in [5.41, 5.74) is 3.00. The molecule has 0 saturated carbocycles. The van der Waals surface area contributed by atoms with Gasteiger partial charge in [0.2, 0.25) is 0 Å². The van der Waals surface area contributed by atoms with Crippen LogP contribution >= 0.6 is 0 Å². The molecule has 1 atom stereocenters. The van der Waals surface area contributed by atoms with E-state index in [9.17, 15) is 9.18 Å². The number of amides is 1. The Kier molecular flexibility index (Phi) is 3.82. The lowest BCUT2D eigenvalue weighted by Gasteiger charge is -2.31. The Labute approximate surface area is 145 Å². The van der Waals surface area contributed by atoms with Gasteiger partial charge in [-0.15, -0.1) is 0 Å². The zero-order valence-electron chi connectivity index (χ0n) is 14.4. The van der Waals surface area contributed by atoms with Gasteiger partial charge in [0.05, 0.1) is 16.8 Å². The molecule has 1 fully saturated rings. The van der Waals surface area contributed by atoms with Crippen LogP contribution in [0.1, 0.15) is 46.3 Å². The molecule has 0 aliphatic carbocycles. The van der Waals surface area contributed by atoms with Crippen LogP contribution in [0.2, 0.25) is 0 Å². The second-order valence-corrected chi connectivity index (χ2v) is 6.79. The Morgan fingerprint density at radius 1 is 1.36 bits per heavy atom. The highest BCUT2D eigenvalue weighted by molar-refractivity contribution is 6.06. The molecule has 0 bridgehead atoms. The minimum absolute atomic E-state index is 0.0541. The van der Waals surface area contributed by atoms with Gasteiger partial charge in [0.15, 0.2) is 0 Å². The number of likely N-dealkylation sites (tertiary alicyclic amines) is 1. The van der Waals surface area contributed by atoms with Crippen LogP contribution in [-0.2, 0) is 0 Å². The van der Waals surface area contributed by atoms with Crippen LogP contribution in [0.4, 0.5) is 4.39 Å². The number of carbonyl (C=O) groups is 1. The van der Waals surface area contributed by atoms with Crippen molar-refractivity contribution in [2.45, 2.75) is 32.6 Å². The molecule has 6 heteroatoms. The number of carbonyl (C=O) groups excluding carboxylic acids is 1. The Morgan fingerprint density at radius 2 is 2.20 bits per heavy atom. The van der Waals surface area contributed by atoms with Crippen LogP contribution < -0.4 is 0 Å². The van der Waals surface area contributed by atoms with Gasteiger partial charge in [0.25, 0.3) is 5.91 Å². The van der Waals surface area contributed by atoms with E-state index in [0.29, 0.717) is 23.0 Å². The summed E-state index contributed by atoms with van der Waals surface area (Å²) >= 11 is 0. The summed E-state index contributed by atoms with van der Waals surface area (Å²) in [6, 6.07) is 4.81. The van der Waals surface area contributed by atoms with Gasteiger partial charge >= 0.3 is 0 Å². The average Bonchev–Trinajstić information content (AvgIpc) is 3.19. The lowest BCUT2D eigenvalue weighted by molar-refractivity contribution is 0.0707. The molecule has 2 aromatic heterocycles. The van der Waals surface area contributed by atoms with Gasteiger partial charge in [-0.05, 0) is 32.8 Å². The van der Waals surface area contributed by atoms with Crippen molar-refractivity contribution >= 4 is 16.8 Å². The quantitative estimate of drug-likeness (QED) is 0.747. The summed E-state index contributed by atoms with van der Waals surface area (Å²) in [6.45, 7) is 5.35. The van der Waals surface area contributed by atoms with Gasteiger partial charge in [-0.3, -0.25) is 4.79 Å². The third-order valence-corrected chi connectivity index (χ3v) is 5.14. The molecule has 130 valence electrons. The van der Waals surface area contributed by atoms with E-state index in [4.69, 9.17) is 0 Å². The van der Waals surface area contributed by atoms with E-state index in [2.05, 4.69) is 15.0 Å². The summed E-state index contributed by atoms with van der Waals surface area (Å²) in [7, 11) is 0. The van der Waals surface area contributed by atoms with E-state index in [1.165, 1.54) is 6.07 Å². The molecule has 1 aliphatic rings. The van der Waals surface area contributed by atoms with Crippen LogP contribution in [0.3, 0.4) is 0 Å². The van der Waals surface area contributed by atoms with Crippen molar-refractivity contribution in [2.75, 3.05) is 13.1 Å². The summed E-state index contributed by atoms with van der Waals surface area (Å²) in [5, 5.41) is 0.636. The van der Waals surface area contributed by atoms with Crippen LogP contribution in [0, 0.1) is 19.7 Å². The Hall–Kier alpha value is -2.63. The normalized spacial score (nSPS) is 18.0. The first-order valence-corrected chi connectivity index (χ1v) is 8.62. The maximum absolute atomic E-state index is 13.9. The van der Waals surface area contributed by atoms with Crippen LogP contribution in [-0.4, -0.2) is 38.8 Å². The Balaban J connectivity index is 1.60. The highest BCUT2D eigenvalue weighted by atomic mass is 19.1. The maximum Gasteiger partial charge on any atom is 0.256 e. The van der Waals surface area contributed by atoms with Crippen molar-refractivity contribution in [3.63, 3.8) is 0 Å². The second kappa shape index (κ2) is 6.02. The minimum Gasteiger partial charge on any atom is -0.358 e. The fourth-order valence-corrected chi connectivity index (χ4v) is 3.62. The van der Waals surface area contributed by atoms with Gasteiger partial charge in [0, 0.05) is 36.3 Å². The zero-order chi connectivity index (χ0) is 17.6. The largest absolute Gasteiger partial charge is 0.358 e. The third kappa shape index (κ3) is 2.71. The SMILES string of the molecule is Cc1nc(C2CCCN(C(=O)c3c[nH]c4c(F)cccc34)C2)[nH]c1C. The number of benzene rings is 1. The number of piperidine rings is 1. The predicted octanol–water partition coefficient (Wildman–Crippen LogP) is 3.67. The molecule has 0 radical (unpaired) electrons. The summed E-state index contributed by atoms with van der Waals surface area (Å²) in [4.78, 5) is 25.7. The van der Waals surface area contributed by atoms with Crippen molar-refractivity contribution in [2.24, 2.45) is 0 Å². The predicted molar refractivity (Wildman–Crippen MR) is 94.2 cm³/mol. The number of fused-ring (bicyclic) bond motifs is 1. The van der Waals surface area contributed by atoms with E-state index < -0.39 is 0 Å².